The largest absolute Gasteiger partial charge is 0.311 e. The van der Waals surface area contributed by atoms with E-state index in [4.69, 9.17) is 0 Å². The number of carbonyl (C=O) groups excluding carboxylic acids is 1. The van der Waals surface area contributed by atoms with Gasteiger partial charge in [-0.3, -0.25) is 4.79 Å². The summed E-state index contributed by atoms with van der Waals surface area (Å²) in [6.07, 6.45) is 6.74. The first-order valence-electron chi connectivity index (χ1n) is 5.89. The fraction of sp³-hybridized carbons (Fsp3) is 0.917. The maximum atomic E-state index is 11.9. The maximum absolute atomic E-state index is 11.9. The van der Waals surface area contributed by atoms with E-state index in [9.17, 15) is 4.79 Å². The van der Waals surface area contributed by atoms with Gasteiger partial charge in [-0.15, -0.1) is 0 Å². The van der Waals surface area contributed by atoms with Crippen LogP contribution in [0.25, 0.3) is 0 Å². The summed E-state index contributed by atoms with van der Waals surface area (Å²) in [7, 11) is 0. The van der Waals surface area contributed by atoms with Crippen molar-refractivity contribution in [3.8, 4) is 0 Å². The zero-order valence-corrected chi connectivity index (χ0v) is 9.31. The van der Waals surface area contributed by atoms with Gasteiger partial charge in [0.05, 0.1) is 0 Å². The first-order chi connectivity index (χ1) is 6.60. The van der Waals surface area contributed by atoms with Gasteiger partial charge in [-0.25, -0.2) is 0 Å². The lowest BCUT2D eigenvalue weighted by Crippen LogP contribution is -2.42. The topological polar surface area (TPSA) is 29.1 Å². The van der Waals surface area contributed by atoms with Crippen LogP contribution in [0.15, 0.2) is 0 Å². The minimum atomic E-state index is 0.0718. The molecule has 2 unspecified atom stereocenters. The molecule has 1 saturated heterocycles. The summed E-state index contributed by atoms with van der Waals surface area (Å²) in [5, 5.41) is 3.53. The standard InChI is InChI=1S/C12H21NO/c1-9-4-3-5-10(13-9)8-11(14)12(2)6-7-12/h9-10,13H,3-8H2,1-2H3. The average molecular weight is 195 g/mol. The normalized spacial score (nSPS) is 35.3. The van der Waals surface area contributed by atoms with Gasteiger partial charge in [0.25, 0.3) is 0 Å². The highest BCUT2D eigenvalue weighted by Crippen LogP contribution is 2.46. The van der Waals surface area contributed by atoms with E-state index in [2.05, 4.69) is 19.2 Å². The number of hydrogen-bond donors (Lipinski definition) is 1. The van der Waals surface area contributed by atoms with Crippen LogP contribution < -0.4 is 5.32 Å². The van der Waals surface area contributed by atoms with E-state index in [1.807, 2.05) is 0 Å². The molecule has 0 aromatic rings. The van der Waals surface area contributed by atoms with Crippen molar-refractivity contribution in [3.05, 3.63) is 0 Å². The lowest BCUT2D eigenvalue weighted by atomic mass is 9.91. The Kier molecular flexibility index (Phi) is 2.65. The molecule has 1 aliphatic heterocycles. The van der Waals surface area contributed by atoms with E-state index < -0.39 is 0 Å². The molecule has 1 saturated carbocycles. The van der Waals surface area contributed by atoms with Crippen molar-refractivity contribution >= 4 is 5.78 Å². The van der Waals surface area contributed by atoms with Gasteiger partial charge >= 0.3 is 0 Å². The van der Waals surface area contributed by atoms with Crippen LogP contribution >= 0.6 is 0 Å². The van der Waals surface area contributed by atoms with Gasteiger partial charge in [-0.1, -0.05) is 13.3 Å². The zero-order chi connectivity index (χ0) is 10.2. The molecule has 0 amide bonds. The molecule has 14 heavy (non-hydrogen) atoms. The molecule has 0 spiro atoms. The van der Waals surface area contributed by atoms with Crippen LogP contribution in [0.3, 0.4) is 0 Å². The summed E-state index contributed by atoms with van der Waals surface area (Å²) in [4.78, 5) is 11.9. The predicted molar refractivity (Wildman–Crippen MR) is 57.2 cm³/mol. The number of rotatable bonds is 3. The number of piperidine rings is 1. The molecule has 2 aliphatic rings. The fourth-order valence-corrected chi connectivity index (χ4v) is 2.34. The number of Topliss-reactive ketones (excluding diaryl/α,β-unsaturated/α-hetero) is 1. The van der Waals surface area contributed by atoms with Crippen LogP contribution in [-0.4, -0.2) is 17.9 Å². The Morgan fingerprint density at radius 1 is 1.43 bits per heavy atom. The molecule has 0 aromatic carbocycles. The van der Waals surface area contributed by atoms with Crippen molar-refractivity contribution in [2.24, 2.45) is 5.41 Å². The van der Waals surface area contributed by atoms with Crippen molar-refractivity contribution in [3.63, 3.8) is 0 Å². The van der Waals surface area contributed by atoms with Crippen molar-refractivity contribution in [1.82, 2.24) is 5.32 Å². The summed E-state index contributed by atoms with van der Waals surface area (Å²) in [6, 6.07) is 1.07. The zero-order valence-electron chi connectivity index (χ0n) is 9.31. The van der Waals surface area contributed by atoms with Gasteiger partial charge in [0.2, 0.25) is 0 Å². The third kappa shape index (κ3) is 2.17. The van der Waals surface area contributed by atoms with Crippen LogP contribution in [-0.2, 0) is 4.79 Å². The monoisotopic (exact) mass is 195 g/mol. The highest BCUT2D eigenvalue weighted by atomic mass is 16.1. The Morgan fingerprint density at radius 2 is 2.14 bits per heavy atom. The maximum Gasteiger partial charge on any atom is 0.140 e. The molecule has 0 aromatic heterocycles. The Morgan fingerprint density at radius 3 is 2.71 bits per heavy atom. The highest BCUT2D eigenvalue weighted by Gasteiger charge is 2.44. The molecule has 0 radical (unpaired) electrons. The number of nitrogens with one attached hydrogen (secondary N) is 1. The van der Waals surface area contributed by atoms with Crippen molar-refractivity contribution in [2.75, 3.05) is 0 Å². The molecule has 80 valence electrons. The van der Waals surface area contributed by atoms with Crippen LogP contribution in [0.2, 0.25) is 0 Å². The van der Waals surface area contributed by atoms with Crippen molar-refractivity contribution in [2.45, 2.75) is 64.5 Å². The molecular weight excluding hydrogens is 174 g/mol. The second-order valence-corrected chi connectivity index (χ2v) is 5.38. The minimum absolute atomic E-state index is 0.0718. The molecule has 2 nitrogen and oxygen atoms in total. The van der Waals surface area contributed by atoms with Gasteiger partial charge < -0.3 is 5.32 Å². The molecule has 1 N–H and O–H groups in total. The summed E-state index contributed by atoms with van der Waals surface area (Å²) in [5.74, 6) is 0.490. The minimum Gasteiger partial charge on any atom is -0.311 e. The summed E-state index contributed by atoms with van der Waals surface area (Å²) in [6.45, 7) is 4.33. The Balaban J connectivity index is 1.81. The van der Waals surface area contributed by atoms with Gasteiger partial charge in [0.15, 0.2) is 0 Å². The Hall–Kier alpha value is -0.370. The number of ketones is 1. The molecule has 0 bridgehead atoms. The van der Waals surface area contributed by atoms with Gasteiger partial charge in [-0.05, 0) is 32.6 Å². The van der Waals surface area contributed by atoms with Crippen LogP contribution in [0.5, 0.6) is 0 Å². The third-order valence-electron chi connectivity index (χ3n) is 3.81. The van der Waals surface area contributed by atoms with Gasteiger partial charge in [0, 0.05) is 23.9 Å². The van der Waals surface area contributed by atoms with E-state index in [-0.39, 0.29) is 5.41 Å². The molecule has 2 atom stereocenters. The van der Waals surface area contributed by atoms with E-state index >= 15 is 0 Å². The first-order valence-corrected chi connectivity index (χ1v) is 5.89. The lowest BCUT2D eigenvalue weighted by Gasteiger charge is -2.29. The van der Waals surface area contributed by atoms with E-state index in [0.717, 1.165) is 19.3 Å². The third-order valence-corrected chi connectivity index (χ3v) is 3.81. The van der Waals surface area contributed by atoms with Gasteiger partial charge in [0.1, 0.15) is 5.78 Å². The van der Waals surface area contributed by atoms with E-state index in [1.54, 1.807) is 0 Å². The molecule has 1 heterocycles. The van der Waals surface area contributed by atoms with E-state index in [1.165, 1.54) is 19.3 Å². The summed E-state index contributed by atoms with van der Waals surface area (Å²) >= 11 is 0. The van der Waals surface area contributed by atoms with Crippen LogP contribution in [0.4, 0.5) is 0 Å². The van der Waals surface area contributed by atoms with Crippen molar-refractivity contribution < 1.29 is 4.79 Å². The second-order valence-electron chi connectivity index (χ2n) is 5.38. The molecule has 2 fully saturated rings. The second kappa shape index (κ2) is 3.65. The lowest BCUT2D eigenvalue weighted by molar-refractivity contribution is -0.124. The first kappa shape index (κ1) is 10.2. The molecule has 1 aliphatic carbocycles. The number of hydrogen-bond acceptors (Lipinski definition) is 2. The summed E-state index contributed by atoms with van der Waals surface area (Å²) < 4.78 is 0. The molecule has 2 heteroatoms. The predicted octanol–water partition coefficient (Wildman–Crippen LogP) is 2.28. The average Bonchev–Trinajstić information content (AvgIpc) is 2.85. The van der Waals surface area contributed by atoms with Gasteiger partial charge in [-0.2, -0.15) is 0 Å². The van der Waals surface area contributed by atoms with E-state index in [0.29, 0.717) is 17.9 Å². The molecular formula is C12H21NO. The quantitative estimate of drug-likeness (QED) is 0.748. The Bertz CT molecular complexity index is 232. The smallest absolute Gasteiger partial charge is 0.140 e. The van der Waals surface area contributed by atoms with Crippen LogP contribution in [0, 0.1) is 5.41 Å². The van der Waals surface area contributed by atoms with Crippen molar-refractivity contribution in [1.29, 1.82) is 0 Å². The Labute approximate surface area is 86.5 Å². The summed E-state index contributed by atoms with van der Waals surface area (Å²) in [5.41, 5.74) is 0.0718. The fourth-order valence-electron chi connectivity index (χ4n) is 2.34. The SMILES string of the molecule is CC1CCCC(CC(=O)C2(C)CC2)N1. The van der Waals surface area contributed by atoms with Crippen LogP contribution in [0.1, 0.15) is 52.4 Å². The molecule has 2 rings (SSSR count). The highest BCUT2D eigenvalue weighted by molar-refractivity contribution is 5.87. The number of carbonyl (C=O) groups is 1.